The minimum atomic E-state index is -0.224. The van der Waals surface area contributed by atoms with Crippen molar-refractivity contribution in [3.63, 3.8) is 0 Å². The van der Waals surface area contributed by atoms with E-state index in [2.05, 4.69) is 20.5 Å². The van der Waals surface area contributed by atoms with E-state index in [1.54, 1.807) is 6.26 Å². The average molecular weight is 332 g/mol. The minimum absolute atomic E-state index is 0.109. The van der Waals surface area contributed by atoms with Crippen LogP contribution in [0.4, 0.5) is 4.39 Å². The first-order valence-corrected chi connectivity index (χ1v) is 8.06. The van der Waals surface area contributed by atoms with Crippen molar-refractivity contribution in [1.82, 2.24) is 15.5 Å². The molecule has 6 heteroatoms. The third-order valence-electron chi connectivity index (χ3n) is 3.66. The fourth-order valence-corrected chi connectivity index (χ4v) is 2.38. The summed E-state index contributed by atoms with van der Waals surface area (Å²) in [6.45, 7) is 3.93. The third kappa shape index (κ3) is 5.38. The Balaban J connectivity index is 2.01. The largest absolute Gasteiger partial charge is 0.467 e. The van der Waals surface area contributed by atoms with Crippen molar-refractivity contribution in [2.24, 2.45) is 4.99 Å². The lowest BCUT2D eigenvalue weighted by Crippen LogP contribution is -2.41. The molecule has 0 spiro atoms. The number of rotatable bonds is 7. The summed E-state index contributed by atoms with van der Waals surface area (Å²) in [6.07, 6.45) is 1.64. The highest BCUT2D eigenvalue weighted by Gasteiger charge is 2.14. The van der Waals surface area contributed by atoms with Gasteiger partial charge >= 0.3 is 0 Å². The van der Waals surface area contributed by atoms with E-state index < -0.39 is 0 Å². The molecular formula is C18H25FN4O. The number of nitrogens with zero attached hydrogens (tertiary/aromatic N) is 2. The number of guanidine groups is 1. The third-order valence-corrected chi connectivity index (χ3v) is 3.66. The van der Waals surface area contributed by atoms with Crippen molar-refractivity contribution in [2.75, 3.05) is 27.2 Å². The molecule has 1 atom stereocenters. The van der Waals surface area contributed by atoms with Crippen LogP contribution >= 0.6 is 0 Å². The van der Waals surface area contributed by atoms with Crippen molar-refractivity contribution in [3.8, 4) is 0 Å². The summed E-state index contributed by atoms with van der Waals surface area (Å²) in [5, 5.41) is 6.56. The quantitative estimate of drug-likeness (QED) is 0.605. The molecule has 5 nitrogen and oxygen atoms in total. The number of likely N-dealkylation sites (N-methyl/N-ethyl adjacent to an activating group) is 1. The monoisotopic (exact) mass is 332 g/mol. The maximum atomic E-state index is 13.1. The first-order valence-electron chi connectivity index (χ1n) is 8.06. The van der Waals surface area contributed by atoms with Crippen LogP contribution < -0.4 is 10.6 Å². The summed E-state index contributed by atoms with van der Waals surface area (Å²) in [5.41, 5.74) is 1.05. The second-order valence-corrected chi connectivity index (χ2v) is 5.69. The van der Waals surface area contributed by atoms with Gasteiger partial charge in [-0.05, 0) is 50.8 Å². The second kappa shape index (κ2) is 9.08. The van der Waals surface area contributed by atoms with Crippen molar-refractivity contribution in [3.05, 3.63) is 59.8 Å². The molecule has 0 amide bonds. The molecule has 0 aliphatic carbocycles. The van der Waals surface area contributed by atoms with E-state index in [4.69, 9.17) is 4.42 Å². The molecular weight excluding hydrogens is 307 g/mol. The van der Waals surface area contributed by atoms with Crippen LogP contribution in [0.15, 0.2) is 52.1 Å². The lowest BCUT2D eigenvalue weighted by Gasteiger charge is -2.26. The molecule has 2 aromatic rings. The Morgan fingerprint density at radius 2 is 1.96 bits per heavy atom. The van der Waals surface area contributed by atoms with Gasteiger partial charge < -0.3 is 20.0 Å². The molecule has 0 saturated heterocycles. The normalized spacial score (nSPS) is 13.1. The SMILES string of the molecule is CCNC(=NCc1ccco1)NCC(c1ccc(F)cc1)N(C)C. The van der Waals surface area contributed by atoms with Gasteiger partial charge in [0.25, 0.3) is 0 Å². The molecule has 1 heterocycles. The highest BCUT2D eigenvalue weighted by Crippen LogP contribution is 2.17. The Morgan fingerprint density at radius 3 is 2.54 bits per heavy atom. The van der Waals surface area contributed by atoms with Gasteiger partial charge in [0.2, 0.25) is 0 Å². The van der Waals surface area contributed by atoms with Gasteiger partial charge in [0.05, 0.1) is 12.3 Å². The second-order valence-electron chi connectivity index (χ2n) is 5.69. The molecule has 0 aliphatic heterocycles. The summed E-state index contributed by atoms with van der Waals surface area (Å²) in [6, 6.07) is 10.5. The number of hydrogen-bond acceptors (Lipinski definition) is 3. The van der Waals surface area contributed by atoms with Crippen LogP contribution in [-0.2, 0) is 6.54 Å². The molecule has 0 aliphatic rings. The molecule has 0 fully saturated rings. The Kier molecular flexibility index (Phi) is 6.81. The van der Waals surface area contributed by atoms with Crippen molar-refractivity contribution in [2.45, 2.75) is 19.5 Å². The predicted molar refractivity (Wildman–Crippen MR) is 94.4 cm³/mol. The van der Waals surface area contributed by atoms with Gasteiger partial charge in [-0.15, -0.1) is 0 Å². The zero-order chi connectivity index (χ0) is 17.4. The summed E-state index contributed by atoms with van der Waals surface area (Å²) >= 11 is 0. The lowest BCUT2D eigenvalue weighted by atomic mass is 10.1. The lowest BCUT2D eigenvalue weighted by molar-refractivity contribution is 0.298. The summed E-state index contributed by atoms with van der Waals surface area (Å²) in [7, 11) is 4.01. The minimum Gasteiger partial charge on any atom is -0.467 e. The standard InChI is InChI=1S/C18H25FN4O/c1-4-20-18(21-12-16-6-5-11-24-16)22-13-17(23(2)3)14-7-9-15(19)10-8-14/h5-11,17H,4,12-13H2,1-3H3,(H2,20,21,22). The van der Waals surface area contributed by atoms with Crippen molar-refractivity contribution >= 4 is 5.96 Å². The Morgan fingerprint density at radius 1 is 1.21 bits per heavy atom. The van der Waals surface area contributed by atoms with Gasteiger partial charge in [0.1, 0.15) is 18.1 Å². The molecule has 2 N–H and O–H groups in total. The first kappa shape index (κ1) is 18.0. The van der Waals surface area contributed by atoms with E-state index in [-0.39, 0.29) is 11.9 Å². The van der Waals surface area contributed by atoms with Crippen molar-refractivity contribution < 1.29 is 8.81 Å². The maximum absolute atomic E-state index is 13.1. The zero-order valence-electron chi connectivity index (χ0n) is 14.4. The van der Waals surface area contributed by atoms with Crippen LogP contribution in [0.5, 0.6) is 0 Å². The zero-order valence-corrected chi connectivity index (χ0v) is 14.4. The van der Waals surface area contributed by atoms with Crippen LogP contribution in [0.2, 0.25) is 0 Å². The Hall–Kier alpha value is -2.34. The molecule has 130 valence electrons. The summed E-state index contributed by atoms with van der Waals surface area (Å²) < 4.78 is 18.4. The van der Waals surface area contributed by atoms with Gasteiger partial charge in [-0.2, -0.15) is 0 Å². The molecule has 0 radical (unpaired) electrons. The van der Waals surface area contributed by atoms with E-state index in [0.717, 1.165) is 23.8 Å². The number of aliphatic imine (C=N–C) groups is 1. The maximum Gasteiger partial charge on any atom is 0.191 e. The molecule has 0 saturated carbocycles. The van der Waals surface area contributed by atoms with Crippen LogP contribution in [0.25, 0.3) is 0 Å². The van der Waals surface area contributed by atoms with Gasteiger partial charge in [0.15, 0.2) is 5.96 Å². The van der Waals surface area contributed by atoms with Gasteiger partial charge in [0, 0.05) is 13.1 Å². The van der Waals surface area contributed by atoms with Crippen LogP contribution in [0.1, 0.15) is 24.3 Å². The first-order chi connectivity index (χ1) is 11.6. The van der Waals surface area contributed by atoms with Gasteiger partial charge in [-0.25, -0.2) is 9.38 Å². The fraction of sp³-hybridized carbons (Fsp3) is 0.389. The molecule has 1 aromatic heterocycles. The number of halogens is 1. The number of furan rings is 1. The predicted octanol–water partition coefficient (Wildman–Crippen LogP) is 2.78. The number of hydrogen-bond donors (Lipinski definition) is 2. The molecule has 1 unspecified atom stereocenters. The molecule has 2 rings (SSSR count). The Labute approximate surface area is 142 Å². The van der Waals surface area contributed by atoms with Crippen molar-refractivity contribution in [1.29, 1.82) is 0 Å². The highest BCUT2D eigenvalue weighted by atomic mass is 19.1. The summed E-state index contributed by atoms with van der Waals surface area (Å²) in [4.78, 5) is 6.61. The highest BCUT2D eigenvalue weighted by molar-refractivity contribution is 5.79. The smallest absolute Gasteiger partial charge is 0.191 e. The van der Waals surface area contributed by atoms with Crippen LogP contribution in [0, 0.1) is 5.82 Å². The number of benzene rings is 1. The fourth-order valence-electron chi connectivity index (χ4n) is 2.38. The summed E-state index contributed by atoms with van der Waals surface area (Å²) in [5.74, 6) is 1.32. The molecule has 24 heavy (non-hydrogen) atoms. The molecule has 0 bridgehead atoms. The van der Waals surface area contributed by atoms with E-state index in [9.17, 15) is 4.39 Å². The van der Waals surface area contributed by atoms with Gasteiger partial charge in [-0.1, -0.05) is 12.1 Å². The van der Waals surface area contributed by atoms with Crippen LogP contribution in [-0.4, -0.2) is 38.0 Å². The van der Waals surface area contributed by atoms with Gasteiger partial charge in [-0.3, -0.25) is 0 Å². The van der Waals surface area contributed by atoms with E-state index in [1.165, 1.54) is 12.1 Å². The number of nitrogens with one attached hydrogen (secondary N) is 2. The average Bonchev–Trinajstić information content (AvgIpc) is 3.07. The van der Waals surface area contributed by atoms with Crippen LogP contribution in [0.3, 0.4) is 0 Å². The van der Waals surface area contributed by atoms with E-state index >= 15 is 0 Å². The van der Waals surface area contributed by atoms with E-state index in [0.29, 0.717) is 13.1 Å². The Bertz CT molecular complexity index is 623. The molecule has 1 aromatic carbocycles. The topological polar surface area (TPSA) is 52.8 Å². The van der Waals surface area contributed by atoms with E-state index in [1.807, 2.05) is 45.3 Å².